The van der Waals surface area contributed by atoms with E-state index in [-0.39, 0.29) is 11.7 Å². The molecule has 4 rings (SSSR count). The van der Waals surface area contributed by atoms with Gasteiger partial charge in [-0.25, -0.2) is 0 Å². The summed E-state index contributed by atoms with van der Waals surface area (Å²) in [7, 11) is 0. The van der Waals surface area contributed by atoms with Crippen LogP contribution in [0.15, 0.2) is 58.2 Å². The second kappa shape index (κ2) is 8.26. The van der Waals surface area contributed by atoms with Gasteiger partial charge in [-0.2, -0.15) is 4.98 Å². The van der Waals surface area contributed by atoms with Gasteiger partial charge >= 0.3 is 0 Å². The maximum atomic E-state index is 9.65. The molecule has 0 spiro atoms. The van der Waals surface area contributed by atoms with E-state index in [1.165, 1.54) is 11.8 Å². The highest BCUT2D eigenvalue weighted by Gasteiger charge is 2.18. The zero-order valence-electron chi connectivity index (χ0n) is 15.8. The summed E-state index contributed by atoms with van der Waals surface area (Å²) in [6, 6.07) is 14.3. The Labute approximate surface area is 176 Å². The van der Waals surface area contributed by atoms with E-state index in [4.69, 9.17) is 16.1 Å². The van der Waals surface area contributed by atoms with E-state index >= 15 is 0 Å². The quantitative estimate of drug-likeness (QED) is 0.428. The summed E-state index contributed by atoms with van der Waals surface area (Å²) in [4.78, 5) is 4.41. The van der Waals surface area contributed by atoms with E-state index < -0.39 is 0 Å². The van der Waals surface area contributed by atoms with Crippen molar-refractivity contribution in [3.63, 3.8) is 0 Å². The average molecular weight is 428 g/mol. The van der Waals surface area contributed by atoms with Crippen molar-refractivity contribution in [1.29, 1.82) is 0 Å². The van der Waals surface area contributed by atoms with E-state index in [0.29, 0.717) is 33.5 Å². The van der Waals surface area contributed by atoms with Crippen LogP contribution in [0.3, 0.4) is 0 Å². The van der Waals surface area contributed by atoms with Crippen LogP contribution in [0.4, 0.5) is 0 Å². The number of phenols is 1. The van der Waals surface area contributed by atoms with Crippen molar-refractivity contribution < 1.29 is 9.63 Å². The van der Waals surface area contributed by atoms with Gasteiger partial charge in [0, 0.05) is 22.2 Å². The first kappa shape index (κ1) is 19.5. The number of halogens is 1. The van der Waals surface area contributed by atoms with Crippen LogP contribution in [0.5, 0.6) is 5.75 Å². The first-order chi connectivity index (χ1) is 14.0. The summed E-state index contributed by atoms with van der Waals surface area (Å²) < 4.78 is 7.24. The Bertz CT molecular complexity index is 1120. The lowest BCUT2D eigenvalue weighted by Gasteiger charge is -2.10. The monoisotopic (exact) mass is 427 g/mol. The molecular weight excluding hydrogens is 410 g/mol. The maximum absolute atomic E-state index is 9.65. The van der Waals surface area contributed by atoms with Crippen LogP contribution in [0.25, 0.3) is 17.1 Å². The van der Waals surface area contributed by atoms with Crippen LogP contribution >= 0.6 is 23.4 Å². The van der Waals surface area contributed by atoms with Gasteiger partial charge in [-0.05, 0) is 36.4 Å². The third kappa shape index (κ3) is 4.28. The highest BCUT2D eigenvalue weighted by molar-refractivity contribution is 7.98. The SMILES string of the molecule is CC(C)c1noc(CSc2nnc(-c3cccc(Cl)c3)n2-c2ccc(O)cc2)n1. The molecule has 0 unspecified atom stereocenters. The number of benzene rings is 2. The number of nitrogens with zero attached hydrogens (tertiary/aromatic N) is 5. The molecule has 1 N–H and O–H groups in total. The number of hydrogen-bond donors (Lipinski definition) is 1. The predicted octanol–water partition coefficient (Wildman–Crippen LogP) is 5.09. The molecule has 0 bridgehead atoms. The molecular formula is C20H18ClN5O2S. The third-order valence-corrected chi connectivity index (χ3v) is 5.30. The van der Waals surface area contributed by atoms with Crippen molar-refractivity contribution >= 4 is 23.4 Å². The molecule has 0 fully saturated rings. The Morgan fingerprint density at radius 1 is 1.14 bits per heavy atom. The minimum atomic E-state index is 0.187. The molecule has 0 radical (unpaired) electrons. The van der Waals surface area contributed by atoms with Crippen LogP contribution < -0.4 is 0 Å². The molecule has 2 aromatic heterocycles. The molecule has 0 aliphatic heterocycles. The lowest BCUT2D eigenvalue weighted by Crippen LogP contribution is -2.00. The van der Waals surface area contributed by atoms with Gasteiger partial charge in [0.25, 0.3) is 0 Å². The normalized spacial score (nSPS) is 11.3. The van der Waals surface area contributed by atoms with E-state index in [1.54, 1.807) is 24.3 Å². The lowest BCUT2D eigenvalue weighted by atomic mass is 10.2. The number of aromatic hydroxyl groups is 1. The summed E-state index contributed by atoms with van der Waals surface area (Å²) in [6.45, 7) is 4.03. The van der Waals surface area contributed by atoms with Crippen molar-refractivity contribution in [2.24, 2.45) is 0 Å². The summed E-state index contributed by atoms with van der Waals surface area (Å²) in [5.74, 6) is 2.71. The summed E-state index contributed by atoms with van der Waals surface area (Å²) in [5, 5.41) is 23.7. The van der Waals surface area contributed by atoms with Crippen molar-refractivity contribution in [1.82, 2.24) is 24.9 Å². The van der Waals surface area contributed by atoms with Gasteiger partial charge in [-0.3, -0.25) is 4.57 Å². The zero-order chi connectivity index (χ0) is 20.4. The van der Waals surface area contributed by atoms with Crippen molar-refractivity contribution in [3.05, 3.63) is 65.3 Å². The van der Waals surface area contributed by atoms with E-state index in [1.807, 2.05) is 42.7 Å². The highest BCUT2D eigenvalue weighted by Crippen LogP contribution is 2.31. The first-order valence-corrected chi connectivity index (χ1v) is 10.3. The molecule has 4 aromatic rings. The van der Waals surface area contributed by atoms with Crippen LogP contribution in [-0.2, 0) is 5.75 Å². The Balaban J connectivity index is 1.70. The fourth-order valence-electron chi connectivity index (χ4n) is 2.70. The molecule has 0 atom stereocenters. The molecule has 0 saturated heterocycles. The van der Waals surface area contributed by atoms with Gasteiger partial charge in [0.05, 0.1) is 5.75 Å². The molecule has 7 nitrogen and oxygen atoms in total. The Morgan fingerprint density at radius 2 is 1.93 bits per heavy atom. The second-order valence-corrected chi connectivity index (χ2v) is 8.04. The fourth-order valence-corrected chi connectivity index (χ4v) is 3.68. The molecule has 148 valence electrons. The number of aromatic nitrogens is 5. The number of phenolic OH excluding ortho intramolecular Hbond substituents is 1. The molecule has 0 aliphatic carbocycles. The van der Waals surface area contributed by atoms with Gasteiger partial charge in [-0.15, -0.1) is 10.2 Å². The molecule has 0 saturated carbocycles. The van der Waals surface area contributed by atoms with Gasteiger partial charge in [0.2, 0.25) is 5.89 Å². The van der Waals surface area contributed by atoms with E-state index in [9.17, 15) is 5.11 Å². The molecule has 2 heterocycles. The summed E-state index contributed by atoms with van der Waals surface area (Å²) >= 11 is 7.61. The molecule has 2 aromatic carbocycles. The van der Waals surface area contributed by atoms with Crippen LogP contribution in [-0.4, -0.2) is 30.0 Å². The Hall–Kier alpha value is -2.84. The van der Waals surface area contributed by atoms with Gasteiger partial charge in [-0.1, -0.05) is 54.5 Å². The number of rotatable bonds is 6. The van der Waals surface area contributed by atoms with Crippen molar-refractivity contribution in [2.75, 3.05) is 0 Å². The Morgan fingerprint density at radius 3 is 2.62 bits per heavy atom. The number of hydrogen-bond acceptors (Lipinski definition) is 7. The van der Waals surface area contributed by atoms with E-state index in [0.717, 1.165) is 11.3 Å². The molecule has 0 amide bonds. The van der Waals surface area contributed by atoms with Crippen LogP contribution in [0.2, 0.25) is 5.02 Å². The van der Waals surface area contributed by atoms with E-state index in [2.05, 4.69) is 20.3 Å². The van der Waals surface area contributed by atoms with Gasteiger partial charge < -0.3 is 9.63 Å². The van der Waals surface area contributed by atoms with Crippen LogP contribution in [0, 0.1) is 0 Å². The minimum absolute atomic E-state index is 0.187. The maximum Gasteiger partial charge on any atom is 0.237 e. The third-order valence-electron chi connectivity index (χ3n) is 4.15. The lowest BCUT2D eigenvalue weighted by molar-refractivity contribution is 0.382. The largest absolute Gasteiger partial charge is 0.508 e. The number of thioether (sulfide) groups is 1. The standard InChI is InChI=1S/C20H18ClN5O2S/c1-12(2)18-22-17(28-25-18)11-29-20-24-23-19(13-4-3-5-14(21)10-13)26(20)15-6-8-16(27)9-7-15/h3-10,12,27H,11H2,1-2H3. The van der Waals surface area contributed by atoms with Crippen molar-refractivity contribution in [2.45, 2.75) is 30.7 Å². The summed E-state index contributed by atoms with van der Waals surface area (Å²) in [5.41, 5.74) is 1.66. The van der Waals surface area contributed by atoms with Gasteiger partial charge in [0.15, 0.2) is 16.8 Å². The summed E-state index contributed by atoms with van der Waals surface area (Å²) in [6.07, 6.45) is 0. The molecule has 29 heavy (non-hydrogen) atoms. The smallest absolute Gasteiger partial charge is 0.237 e. The fraction of sp³-hybridized carbons (Fsp3) is 0.200. The predicted molar refractivity (Wildman–Crippen MR) is 111 cm³/mol. The average Bonchev–Trinajstić information content (AvgIpc) is 3.34. The Kier molecular flexibility index (Phi) is 5.55. The highest BCUT2D eigenvalue weighted by atomic mass is 35.5. The topological polar surface area (TPSA) is 89.9 Å². The van der Waals surface area contributed by atoms with Crippen molar-refractivity contribution in [3.8, 4) is 22.8 Å². The first-order valence-electron chi connectivity index (χ1n) is 8.97. The molecule has 0 aliphatic rings. The van der Waals surface area contributed by atoms with Gasteiger partial charge in [0.1, 0.15) is 5.75 Å². The second-order valence-electron chi connectivity index (χ2n) is 6.66. The zero-order valence-corrected chi connectivity index (χ0v) is 17.4. The molecule has 9 heteroatoms. The van der Waals surface area contributed by atoms with Crippen LogP contribution in [0.1, 0.15) is 31.5 Å². The minimum Gasteiger partial charge on any atom is -0.508 e.